The molecule has 3 aromatic carbocycles. The molecule has 1 amide bonds. The summed E-state index contributed by atoms with van der Waals surface area (Å²) in [5, 5.41) is 0.275. The highest BCUT2D eigenvalue weighted by atomic mass is 16.5. The van der Waals surface area contributed by atoms with Crippen LogP contribution < -0.4 is 5.43 Å². The first-order valence-corrected chi connectivity index (χ1v) is 10.5. The molecule has 166 valence electrons. The molecule has 33 heavy (non-hydrogen) atoms. The van der Waals surface area contributed by atoms with Crippen LogP contribution in [0, 0.1) is 6.92 Å². The number of carbonyl (C=O) groups excluding carboxylic acids is 2. The van der Waals surface area contributed by atoms with Gasteiger partial charge < -0.3 is 14.1 Å². The molecular formula is C27H23NO5. The van der Waals surface area contributed by atoms with Gasteiger partial charge in [0.2, 0.25) is 6.10 Å². The third kappa shape index (κ3) is 4.28. The molecule has 0 saturated carbocycles. The lowest BCUT2D eigenvalue weighted by Gasteiger charge is -2.21. The number of hydrogen-bond donors (Lipinski definition) is 0. The highest BCUT2D eigenvalue weighted by molar-refractivity contribution is 6.03. The minimum atomic E-state index is -1.13. The SMILES string of the molecule is Cc1c(-c2ccccc2)oc2c(C(=O)OC(C(=O)N(C)C)c3ccccc3)cccc2c1=O. The molecule has 1 heterocycles. The van der Waals surface area contributed by atoms with Gasteiger partial charge in [0.1, 0.15) is 11.3 Å². The average molecular weight is 441 g/mol. The number of benzene rings is 3. The molecule has 0 aliphatic carbocycles. The molecule has 4 aromatic rings. The fraction of sp³-hybridized carbons (Fsp3) is 0.148. The Bertz CT molecular complexity index is 1370. The Kier molecular flexibility index (Phi) is 6.09. The van der Waals surface area contributed by atoms with E-state index in [1.165, 1.54) is 11.0 Å². The van der Waals surface area contributed by atoms with Gasteiger partial charge in [-0.15, -0.1) is 0 Å². The smallest absolute Gasteiger partial charge is 0.343 e. The Morgan fingerprint density at radius 1 is 0.879 bits per heavy atom. The summed E-state index contributed by atoms with van der Waals surface area (Å²) in [5.41, 5.74) is 1.70. The number of ether oxygens (including phenoxy) is 1. The predicted octanol–water partition coefficient (Wildman–Crippen LogP) is 4.75. The summed E-state index contributed by atoms with van der Waals surface area (Å²) in [7, 11) is 3.19. The van der Waals surface area contributed by atoms with Crippen LogP contribution >= 0.6 is 0 Å². The van der Waals surface area contributed by atoms with Gasteiger partial charge in [-0.25, -0.2) is 4.79 Å². The lowest BCUT2D eigenvalue weighted by atomic mass is 10.0. The minimum Gasteiger partial charge on any atom is -0.455 e. The van der Waals surface area contributed by atoms with Gasteiger partial charge in [0.25, 0.3) is 5.91 Å². The molecule has 4 rings (SSSR count). The van der Waals surface area contributed by atoms with Gasteiger partial charge in [-0.1, -0.05) is 66.7 Å². The van der Waals surface area contributed by atoms with Gasteiger partial charge in [0, 0.05) is 30.8 Å². The topological polar surface area (TPSA) is 76.8 Å². The van der Waals surface area contributed by atoms with Crippen LogP contribution in [-0.2, 0) is 9.53 Å². The van der Waals surface area contributed by atoms with E-state index < -0.39 is 12.1 Å². The Morgan fingerprint density at radius 3 is 2.15 bits per heavy atom. The van der Waals surface area contributed by atoms with Gasteiger partial charge in [-0.05, 0) is 19.1 Å². The van der Waals surface area contributed by atoms with E-state index in [1.807, 2.05) is 36.4 Å². The summed E-state index contributed by atoms with van der Waals surface area (Å²) in [5.74, 6) is -0.745. The summed E-state index contributed by atoms with van der Waals surface area (Å²) in [4.78, 5) is 40.5. The number of amides is 1. The molecule has 1 atom stereocenters. The second-order valence-electron chi connectivity index (χ2n) is 7.86. The Balaban J connectivity index is 1.82. The van der Waals surface area contributed by atoms with Crippen LogP contribution in [-0.4, -0.2) is 30.9 Å². The van der Waals surface area contributed by atoms with Crippen LogP contribution in [0.25, 0.3) is 22.3 Å². The van der Waals surface area contributed by atoms with Crippen molar-refractivity contribution in [2.45, 2.75) is 13.0 Å². The first-order valence-electron chi connectivity index (χ1n) is 10.5. The van der Waals surface area contributed by atoms with Crippen LogP contribution in [0.3, 0.4) is 0 Å². The number of esters is 1. The molecule has 0 spiro atoms. The van der Waals surface area contributed by atoms with Crippen molar-refractivity contribution in [2.75, 3.05) is 14.1 Å². The Labute approximate surface area is 191 Å². The lowest BCUT2D eigenvalue weighted by Crippen LogP contribution is -2.31. The van der Waals surface area contributed by atoms with Gasteiger partial charge in [0.15, 0.2) is 11.0 Å². The van der Waals surface area contributed by atoms with Crippen molar-refractivity contribution in [1.29, 1.82) is 0 Å². The van der Waals surface area contributed by atoms with Crippen molar-refractivity contribution in [3.8, 4) is 11.3 Å². The first-order chi connectivity index (χ1) is 15.9. The van der Waals surface area contributed by atoms with Crippen molar-refractivity contribution in [3.05, 3.63) is 106 Å². The summed E-state index contributed by atoms with van der Waals surface area (Å²) in [6.07, 6.45) is -1.13. The molecule has 0 radical (unpaired) electrons. The van der Waals surface area contributed by atoms with Crippen molar-refractivity contribution >= 4 is 22.8 Å². The van der Waals surface area contributed by atoms with Crippen molar-refractivity contribution < 1.29 is 18.7 Å². The Hall–Kier alpha value is -4.19. The molecule has 6 heteroatoms. The van der Waals surface area contributed by atoms with Crippen molar-refractivity contribution in [3.63, 3.8) is 0 Å². The van der Waals surface area contributed by atoms with E-state index in [0.717, 1.165) is 5.56 Å². The van der Waals surface area contributed by atoms with E-state index in [1.54, 1.807) is 57.4 Å². The van der Waals surface area contributed by atoms with Crippen molar-refractivity contribution in [2.24, 2.45) is 0 Å². The largest absolute Gasteiger partial charge is 0.455 e. The van der Waals surface area contributed by atoms with E-state index in [0.29, 0.717) is 16.9 Å². The summed E-state index contributed by atoms with van der Waals surface area (Å²) >= 11 is 0. The summed E-state index contributed by atoms with van der Waals surface area (Å²) in [6, 6.07) is 22.8. The monoisotopic (exact) mass is 441 g/mol. The number of likely N-dealkylation sites (N-methyl/N-ethyl adjacent to an activating group) is 1. The highest BCUT2D eigenvalue weighted by Crippen LogP contribution is 2.29. The summed E-state index contributed by atoms with van der Waals surface area (Å²) in [6.45, 7) is 1.69. The number of hydrogen-bond acceptors (Lipinski definition) is 5. The second-order valence-corrected chi connectivity index (χ2v) is 7.86. The average Bonchev–Trinajstić information content (AvgIpc) is 2.84. The number of fused-ring (bicyclic) bond motifs is 1. The maximum absolute atomic E-state index is 13.3. The molecule has 0 N–H and O–H groups in total. The lowest BCUT2D eigenvalue weighted by molar-refractivity contribution is -0.138. The maximum Gasteiger partial charge on any atom is 0.343 e. The van der Waals surface area contributed by atoms with E-state index in [-0.39, 0.29) is 27.9 Å². The second kappa shape index (κ2) is 9.12. The minimum absolute atomic E-state index is 0.0780. The van der Waals surface area contributed by atoms with Gasteiger partial charge in [-0.2, -0.15) is 0 Å². The van der Waals surface area contributed by atoms with Crippen LogP contribution in [0.1, 0.15) is 27.6 Å². The molecule has 0 saturated heterocycles. The zero-order chi connectivity index (χ0) is 23.5. The van der Waals surface area contributed by atoms with Gasteiger partial charge in [-0.3, -0.25) is 9.59 Å². The maximum atomic E-state index is 13.3. The van der Waals surface area contributed by atoms with Crippen molar-refractivity contribution in [1.82, 2.24) is 4.90 Å². The van der Waals surface area contributed by atoms with Crippen LogP contribution in [0.15, 0.2) is 88.1 Å². The quantitative estimate of drug-likeness (QED) is 0.418. The molecule has 0 aliphatic rings. The number of rotatable bonds is 5. The van der Waals surface area contributed by atoms with Gasteiger partial charge in [0.05, 0.1) is 5.39 Å². The van der Waals surface area contributed by atoms with Crippen LogP contribution in [0.5, 0.6) is 0 Å². The number of carbonyl (C=O) groups is 2. The standard InChI is InChI=1S/C27H23NO5/c1-17-22(29)20-15-10-16-21(25(20)32-23(17)18-11-6-4-7-12-18)27(31)33-24(26(30)28(2)3)19-13-8-5-9-14-19/h4-16,24H,1-3H3. The molecule has 6 nitrogen and oxygen atoms in total. The van der Waals surface area contributed by atoms with Crippen LogP contribution in [0.2, 0.25) is 0 Å². The molecule has 0 bridgehead atoms. The van der Waals surface area contributed by atoms with Gasteiger partial charge >= 0.3 is 5.97 Å². The normalized spacial score (nSPS) is 11.7. The van der Waals surface area contributed by atoms with E-state index in [9.17, 15) is 14.4 Å². The number of nitrogens with zero attached hydrogens (tertiary/aromatic N) is 1. The fourth-order valence-electron chi connectivity index (χ4n) is 3.63. The molecule has 1 unspecified atom stereocenters. The molecule has 1 aromatic heterocycles. The Morgan fingerprint density at radius 2 is 1.52 bits per heavy atom. The van der Waals surface area contributed by atoms with E-state index >= 15 is 0 Å². The van der Waals surface area contributed by atoms with E-state index in [4.69, 9.17) is 9.15 Å². The summed E-state index contributed by atoms with van der Waals surface area (Å²) < 4.78 is 11.8. The van der Waals surface area contributed by atoms with E-state index in [2.05, 4.69) is 0 Å². The zero-order valence-corrected chi connectivity index (χ0v) is 18.6. The third-order valence-electron chi connectivity index (χ3n) is 5.39. The van der Waals surface area contributed by atoms with Crippen LogP contribution in [0.4, 0.5) is 0 Å². The highest BCUT2D eigenvalue weighted by Gasteiger charge is 2.28. The fourth-order valence-corrected chi connectivity index (χ4v) is 3.63. The molecule has 0 aliphatic heterocycles. The predicted molar refractivity (Wildman–Crippen MR) is 126 cm³/mol. The number of para-hydroxylation sites is 1. The molecule has 0 fully saturated rings. The zero-order valence-electron chi connectivity index (χ0n) is 18.6. The first kappa shape index (κ1) is 22.0. The molecular weight excluding hydrogens is 418 g/mol. The third-order valence-corrected chi connectivity index (χ3v) is 5.39.